The van der Waals surface area contributed by atoms with Crippen molar-refractivity contribution in [2.45, 2.75) is 114 Å². The number of hydrogen-bond acceptors (Lipinski definition) is 3. The molecule has 0 spiro atoms. The number of sulfone groups is 1. The third-order valence-corrected chi connectivity index (χ3v) is 8.91. The van der Waals surface area contributed by atoms with E-state index in [2.05, 4.69) is 33.4 Å². The van der Waals surface area contributed by atoms with Gasteiger partial charge in [0.1, 0.15) is 0 Å². The van der Waals surface area contributed by atoms with E-state index in [0.29, 0.717) is 12.8 Å². The van der Waals surface area contributed by atoms with Crippen LogP contribution < -0.4 is 0 Å². The molecule has 0 aromatic heterocycles. The molecule has 180 valence electrons. The first-order valence-corrected chi connectivity index (χ1v) is 14.0. The molecule has 1 rings (SSSR count). The van der Waals surface area contributed by atoms with Crippen molar-refractivity contribution in [3.05, 3.63) is 42.5 Å². The highest BCUT2D eigenvalue weighted by molar-refractivity contribution is 7.93. The predicted molar refractivity (Wildman–Crippen MR) is 136 cm³/mol. The summed E-state index contributed by atoms with van der Waals surface area (Å²) in [6.45, 7) is 12.1. The number of benzene rings is 1. The number of nitrogens with zero attached hydrogens (tertiary/aromatic N) is 1. The molecule has 3 atom stereocenters. The summed E-state index contributed by atoms with van der Waals surface area (Å²) < 4.78 is 26.2. The molecule has 0 saturated carbocycles. The zero-order valence-electron chi connectivity index (χ0n) is 20.9. The van der Waals surface area contributed by atoms with Crippen LogP contribution >= 0.6 is 0 Å². The molecule has 0 fully saturated rings. The molecule has 0 radical (unpaired) electrons. The van der Waals surface area contributed by atoms with Gasteiger partial charge < -0.3 is 0 Å². The van der Waals surface area contributed by atoms with Crippen molar-refractivity contribution < 1.29 is 8.42 Å². The van der Waals surface area contributed by atoms with Crippen LogP contribution in [0.2, 0.25) is 0 Å². The third kappa shape index (κ3) is 8.74. The second kappa shape index (κ2) is 14.5. The number of nitriles is 1. The van der Waals surface area contributed by atoms with Crippen LogP contribution in [0.4, 0.5) is 0 Å². The Kier molecular flexibility index (Phi) is 12.9. The van der Waals surface area contributed by atoms with Gasteiger partial charge in [0.15, 0.2) is 14.6 Å². The summed E-state index contributed by atoms with van der Waals surface area (Å²) >= 11 is 0. The van der Waals surface area contributed by atoms with Gasteiger partial charge in [-0.05, 0) is 56.6 Å². The molecule has 4 heteroatoms. The largest absolute Gasteiger partial charge is 0.222 e. The zero-order valence-corrected chi connectivity index (χ0v) is 21.7. The van der Waals surface area contributed by atoms with Gasteiger partial charge in [0, 0.05) is 0 Å². The van der Waals surface area contributed by atoms with E-state index in [0.717, 1.165) is 44.1 Å². The van der Waals surface area contributed by atoms with Gasteiger partial charge in [-0.2, -0.15) is 5.26 Å². The normalized spacial score (nSPS) is 15.5. The second-order valence-corrected chi connectivity index (χ2v) is 12.1. The lowest BCUT2D eigenvalue weighted by Crippen LogP contribution is -2.40. The molecule has 1 aromatic carbocycles. The van der Waals surface area contributed by atoms with Gasteiger partial charge in [-0.15, -0.1) is 6.58 Å². The van der Waals surface area contributed by atoms with Crippen LogP contribution in [0.25, 0.3) is 0 Å². The highest BCUT2D eigenvalue weighted by Crippen LogP contribution is 2.39. The van der Waals surface area contributed by atoms with Gasteiger partial charge in [0.25, 0.3) is 0 Å². The van der Waals surface area contributed by atoms with E-state index in [4.69, 9.17) is 0 Å². The Morgan fingerprint density at radius 2 is 1.50 bits per heavy atom. The molecule has 32 heavy (non-hydrogen) atoms. The van der Waals surface area contributed by atoms with Crippen molar-refractivity contribution in [2.75, 3.05) is 0 Å². The van der Waals surface area contributed by atoms with Crippen LogP contribution in [0.1, 0.15) is 103 Å². The molecule has 0 aliphatic rings. The smallest absolute Gasteiger partial charge is 0.197 e. The average molecular weight is 460 g/mol. The number of aryl methyl sites for hydroxylation is 1. The maximum atomic E-state index is 13.8. The lowest BCUT2D eigenvalue weighted by molar-refractivity contribution is 0.354. The molecule has 0 N–H and O–H groups in total. The van der Waals surface area contributed by atoms with E-state index in [1.165, 1.54) is 25.7 Å². The summed E-state index contributed by atoms with van der Waals surface area (Å²) in [7, 11) is -3.76. The summed E-state index contributed by atoms with van der Waals surface area (Å²) in [6.07, 6.45) is 13.8. The van der Waals surface area contributed by atoms with Crippen molar-refractivity contribution in [3.8, 4) is 6.07 Å². The summed E-state index contributed by atoms with van der Waals surface area (Å²) in [5.41, 5.74) is 1.02. The minimum atomic E-state index is -3.76. The Balaban J connectivity index is 2.97. The van der Waals surface area contributed by atoms with E-state index in [1.807, 2.05) is 25.1 Å². The molecule has 3 nitrogen and oxygen atoms in total. The highest BCUT2D eigenvalue weighted by atomic mass is 32.2. The molecule has 0 aliphatic heterocycles. The van der Waals surface area contributed by atoms with Crippen molar-refractivity contribution >= 4 is 9.84 Å². The van der Waals surface area contributed by atoms with Crippen LogP contribution in [0.15, 0.2) is 41.8 Å². The minimum Gasteiger partial charge on any atom is -0.222 e. The lowest BCUT2D eigenvalue weighted by Gasteiger charge is -2.32. The maximum absolute atomic E-state index is 13.8. The molecule has 0 heterocycles. The number of allylic oxidation sites excluding steroid dienone is 1. The van der Waals surface area contributed by atoms with E-state index in [-0.39, 0.29) is 16.7 Å². The Morgan fingerprint density at radius 1 is 0.969 bits per heavy atom. The van der Waals surface area contributed by atoms with Gasteiger partial charge in [0.05, 0.1) is 11.0 Å². The Labute approximate surface area is 198 Å². The van der Waals surface area contributed by atoms with Gasteiger partial charge in [-0.1, -0.05) is 95.9 Å². The standard InChI is InChI=1S/C28H45NO2S/c1-6-8-10-11-12-13-14-16-26(5)22-28(23-29,21-25(4)15-9-7-2)32(30,31)27-19-17-24(3)18-20-27/h6,17-20,25-26H,1,7-16,21-22H2,2-5H3/t25-,26-,28?/m1/s1. The van der Waals surface area contributed by atoms with Crippen LogP contribution in [0.3, 0.4) is 0 Å². The molecule has 1 aromatic rings. The highest BCUT2D eigenvalue weighted by Gasteiger charge is 2.46. The van der Waals surface area contributed by atoms with Gasteiger partial charge in [-0.3, -0.25) is 0 Å². The summed E-state index contributed by atoms with van der Waals surface area (Å²) in [4.78, 5) is 0.279. The summed E-state index contributed by atoms with van der Waals surface area (Å²) in [5.74, 6) is 0.397. The third-order valence-electron chi connectivity index (χ3n) is 6.56. The summed E-state index contributed by atoms with van der Waals surface area (Å²) in [6, 6.07) is 9.32. The first-order valence-electron chi connectivity index (χ1n) is 12.6. The van der Waals surface area contributed by atoms with Crippen molar-refractivity contribution in [1.29, 1.82) is 5.26 Å². The van der Waals surface area contributed by atoms with E-state index in [9.17, 15) is 13.7 Å². The molecular weight excluding hydrogens is 414 g/mol. The quantitative estimate of drug-likeness (QED) is 0.174. The first-order chi connectivity index (χ1) is 15.2. The van der Waals surface area contributed by atoms with Gasteiger partial charge in [0.2, 0.25) is 0 Å². The maximum Gasteiger partial charge on any atom is 0.197 e. The SMILES string of the molecule is C=CCCCCCCC[C@@H](C)CC(C#N)(C[C@H](C)CCCC)S(=O)(=O)c1ccc(C)cc1. The number of unbranched alkanes of at least 4 members (excludes halogenated alkanes) is 6. The molecular formula is C28H45NO2S. The number of rotatable bonds is 17. The summed E-state index contributed by atoms with van der Waals surface area (Å²) in [5, 5.41) is 10.3. The first kappa shape index (κ1) is 28.4. The van der Waals surface area contributed by atoms with Crippen LogP contribution in [0.5, 0.6) is 0 Å². The fourth-order valence-electron chi connectivity index (χ4n) is 4.59. The van der Waals surface area contributed by atoms with Crippen molar-refractivity contribution in [3.63, 3.8) is 0 Å². The molecule has 0 saturated heterocycles. The van der Waals surface area contributed by atoms with Crippen molar-refractivity contribution in [2.24, 2.45) is 11.8 Å². The van der Waals surface area contributed by atoms with Gasteiger partial charge >= 0.3 is 0 Å². The Bertz CT molecular complexity index is 807. The zero-order chi connectivity index (χ0) is 24.0. The molecule has 0 amide bonds. The lowest BCUT2D eigenvalue weighted by atomic mass is 9.84. The minimum absolute atomic E-state index is 0.196. The molecule has 1 unspecified atom stereocenters. The average Bonchev–Trinajstić information content (AvgIpc) is 2.76. The Hall–Kier alpha value is -1.60. The molecule has 0 aliphatic carbocycles. The fraction of sp³-hybridized carbons (Fsp3) is 0.679. The van der Waals surface area contributed by atoms with E-state index in [1.54, 1.807) is 12.1 Å². The monoisotopic (exact) mass is 459 g/mol. The number of hydrogen-bond donors (Lipinski definition) is 0. The van der Waals surface area contributed by atoms with Crippen LogP contribution in [-0.4, -0.2) is 13.2 Å². The van der Waals surface area contributed by atoms with E-state index >= 15 is 0 Å². The van der Waals surface area contributed by atoms with Gasteiger partial charge in [-0.25, -0.2) is 8.42 Å². The van der Waals surface area contributed by atoms with Crippen molar-refractivity contribution in [1.82, 2.24) is 0 Å². The van der Waals surface area contributed by atoms with E-state index < -0.39 is 14.6 Å². The van der Waals surface area contributed by atoms with Crippen LogP contribution in [0, 0.1) is 30.1 Å². The fourth-order valence-corrected chi connectivity index (χ4v) is 6.67. The topological polar surface area (TPSA) is 57.9 Å². The predicted octanol–water partition coefficient (Wildman–Crippen LogP) is 8.19. The molecule has 0 bridgehead atoms. The second-order valence-electron chi connectivity index (χ2n) is 9.82. The Morgan fingerprint density at radius 3 is 2.03 bits per heavy atom. The van der Waals surface area contributed by atoms with Crippen LogP contribution in [-0.2, 0) is 9.84 Å².